The number of hydrogen-bond acceptors (Lipinski definition) is 3. The SMILES string of the molecule is Cc1ccc(N2C(=O)C(Nc3cc(Cl)ccc3C)=C(c3ccc(F)cc3)C2=O)cc1Cl. The van der Waals surface area contributed by atoms with Gasteiger partial charge in [0.15, 0.2) is 0 Å². The van der Waals surface area contributed by atoms with Crippen molar-refractivity contribution in [1.29, 1.82) is 0 Å². The average Bonchev–Trinajstić information content (AvgIpc) is 2.97. The standard InChI is InChI=1S/C24H17Cl2FN2O2/c1-13-4-10-18(12-19(13)26)29-23(30)21(15-5-8-17(27)9-6-15)22(24(29)31)28-20-11-16(25)7-3-14(20)2/h3-12,28H,1-2H3. The van der Waals surface area contributed by atoms with E-state index in [2.05, 4.69) is 5.32 Å². The molecule has 0 saturated carbocycles. The van der Waals surface area contributed by atoms with Crippen LogP contribution in [0.1, 0.15) is 16.7 Å². The van der Waals surface area contributed by atoms with Gasteiger partial charge < -0.3 is 5.32 Å². The van der Waals surface area contributed by atoms with Crippen LogP contribution in [0, 0.1) is 19.7 Å². The van der Waals surface area contributed by atoms with Crippen molar-refractivity contribution in [2.75, 3.05) is 10.2 Å². The lowest BCUT2D eigenvalue weighted by molar-refractivity contribution is -0.120. The summed E-state index contributed by atoms with van der Waals surface area (Å²) in [5, 5.41) is 4.00. The first-order valence-electron chi connectivity index (χ1n) is 9.44. The first-order chi connectivity index (χ1) is 14.8. The van der Waals surface area contributed by atoms with Gasteiger partial charge in [-0.2, -0.15) is 0 Å². The summed E-state index contributed by atoms with van der Waals surface area (Å²) >= 11 is 12.3. The van der Waals surface area contributed by atoms with Gasteiger partial charge in [0.2, 0.25) is 0 Å². The van der Waals surface area contributed by atoms with Crippen LogP contribution in [0.2, 0.25) is 10.0 Å². The summed E-state index contributed by atoms with van der Waals surface area (Å²) in [5.41, 5.74) is 3.25. The van der Waals surface area contributed by atoms with Gasteiger partial charge in [-0.15, -0.1) is 0 Å². The molecule has 1 aliphatic heterocycles. The number of nitrogens with zero attached hydrogens (tertiary/aromatic N) is 1. The first kappa shape index (κ1) is 21.1. The smallest absolute Gasteiger partial charge is 0.282 e. The Morgan fingerprint density at radius 1 is 0.839 bits per heavy atom. The van der Waals surface area contributed by atoms with Crippen LogP contribution in [-0.2, 0) is 9.59 Å². The van der Waals surface area contributed by atoms with Gasteiger partial charge in [-0.05, 0) is 66.9 Å². The lowest BCUT2D eigenvalue weighted by Gasteiger charge is -2.16. The lowest BCUT2D eigenvalue weighted by Crippen LogP contribution is -2.32. The zero-order valence-corrected chi connectivity index (χ0v) is 18.2. The van der Waals surface area contributed by atoms with Crippen molar-refractivity contribution in [3.63, 3.8) is 0 Å². The summed E-state index contributed by atoms with van der Waals surface area (Å²) in [7, 11) is 0. The molecule has 0 saturated heterocycles. The van der Waals surface area contributed by atoms with Crippen molar-refractivity contribution < 1.29 is 14.0 Å². The Labute approximate surface area is 188 Å². The molecule has 31 heavy (non-hydrogen) atoms. The van der Waals surface area contributed by atoms with E-state index in [0.717, 1.165) is 16.0 Å². The largest absolute Gasteiger partial charge is 0.350 e. The Morgan fingerprint density at radius 3 is 2.19 bits per heavy atom. The minimum atomic E-state index is -0.538. The van der Waals surface area contributed by atoms with Crippen molar-refractivity contribution in [3.8, 4) is 0 Å². The molecule has 1 N–H and O–H groups in total. The maximum Gasteiger partial charge on any atom is 0.282 e. The van der Waals surface area contributed by atoms with Crippen LogP contribution in [0.3, 0.4) is 0 Å². The van der Waals surface area contributed by atoms with Gasteiger partial charge in [0.05, 0.1) is 11.3 Å². The van der Waals surface area contributed by atoms with Crippen LogP contribution in [-0.4, -0.2) is 11.8 Å². The number of carbonyl (C=O) groups excluding carboxylic acids is 2. The van der Waals surface area contributed by atoms with Crippen LogP contribution in [0.15, 0.2) is 66.4 Å². The second kappa shape index (κ2) is 8.17. The molecule has 0 atom stereocenters. The van der Waals surface area contributed by atoms with Gasteiger partial charge in [0.1, 0.15) is 11.5 Å². The Hall–Kier alpha value is -3.15. The highest BCUT2D eigenvalue weighted by Gasteiger charge is 2.40. The summed E-state index contributed by atoms with van der Waals surface area (Å²) in [4.78, 5) is 27.9. The van der Waals surface area contributed by atoms with E-state index >= 15 is 0 Å². The lowest BCUT2D eigenvalue weighted by atomic mass is 10.0. The maximum absolute atomic E-state index is 13.5. The topological polar surface area (TPSA) is 49.4 Å². The molecule has 3 aromatic carbocycles. The summed E-state index contributed by atoms with van der Waals surface area (Å²) in [6, 6.07) is 15.6. The van der Waals surface area contributed by atoms with E-state index < -0.39 is 17.6 Å². The Bertz CT molecular complexity index is 1250. The number of carbonyl (C=O) groups is 2. The van der Waals surface area contributed by atoms with Crippen molar-refractivity contribution >= 4 is 52.0 Å². The number of aryl methyl sites for hydroxylation is 2. The van der Waals surface area contributed by atoms with E-state index in [1.807, 2.05) is 19.9 Å². The monoisotopic (exact) mass is 454 g/mol. The van der Waals surface area contributed by atoms with Crippen LogP contribution >= 0.6 is 23.2 Å². The molecular weight excluding hydrogens is 438 g/mol. The highest BCUT2D eigenvalue weighted by atomic mass is 35.5. The van der Waals surface area contributed by atoms with Gasteiger partial charge in [-0.1, -0.05) is 47.5 Å². The molecular formula is C24H17Cl2FN2O2. The van der Waals surface area contributed by atoms with Crippen LogP contribution in [0.5, 0.6) is 0 Å². The van der Waals surface area contributed by atoms with Crippen LogP contribution < -0.4 is 10.2 Å². The van der Waals surface area contributed by atoms with E-state index in [4.69, 9.17) is 23.2 Å². The average molecular weight is 455 g/mol. The molecule has 3 aromatic rings. The minimum absolute atomic E-state index is 0.0821. The third kappa shape index (κ3) is 3.94. The summed E-state index contributed by atoms with van der Waals surface area (Å²) in [6.07, 6.45) is 0. The molecule has 2 amide bonds. The van der Waals surface area contributed by atoms with Gasteiger partial charge >= 0.3 is 0 Å². The van der Waals surface area contributed by atoms with Gasteiger partial charge in [0.25, 0.3) is 11.8 Å². The number of halogens is 3. The van der Waals surface area contributed by atoms with E-state index in [1.54, 1.807) is 30.3 Å². The third-order valence-electron chi connectivity index (χ3n) is 5.09. The molecule has 0 aliphatic carbocycles. The third-order valence-corrected chi connectivity index (χ3v) is 5.73. The van der Waals surface area contributed by atoms with Crippen molar-refractivity contribution in [1.82, 2.24) is 0 Å². The van der Waals surface area contributed by atoms with Gasteiger partial charge in [-0.3, -0.25) is 9.59 Å². The molecule has 0 aromatic heterocycles. The Balaban J connectivity index is 1.85. The number of rotatable bonds is 4. The number of nitrogens with one attached hydrogen (secondary N) is 1. The molecule has 0 radical (unpaired) electrons. The second-order valence-corrected chi connectivity index (χ2v) is 8.06. The number of benzene rings is 3. The van der Waals surface area contributed by atoms with Crippen LogP contribution in [0.4, 0.5) is 15.8 Å². The molecule has 4 nitrogen and oxygen atoms in total. The molecule has 7 heteroatoms. The number of amides is 2. The number of anilines is 2. The van der Waals surface area contributed by atoms with E-state index in [-0.39, 0.29) is 11.3 Å². The number of imide groups is 1. The summed E-state index contributed by atoms with van der Waals surface area (Å²) in [5.74, 6) is -1.51. The molecule has 1 heterocycles. The highest BCUT2D eigenvalue weighted by molar-refractivity contribution is 6.46. The quantitative estimate of drug-likeness (QED) is 0.481. The Kier molecular flexibility index (Phi) is 5.56. The van der Waals surface area contributed by atoms with Crippen molar-refractivity contribution in [3.05, 3.63) is 98.9 Å². The van der Waals surface area contributed by atoms with Crippen molar-refractivity contribution in [2.45, 2.75) is 13.8 Å². The zero-order valence-electron chi connectivity index (χ0n) is 16.7. The minimum Gasteiger partial charge on any atom is -0.350 e. The molecule has 0 bridgehead atoms. The first-order valence-corrected chi connectivity index (χ1v) is 10.2. The maximum atomic E-state index is 13.5. The van der Waals surface area contributed by atoms with E-state index in [1.165, 1.54) is 24.3 Å². The molecule has 156 valence electrons. The van der Waals surface area contributed by atoms with E-state index in [0.29, 0.717) is 27.0 Å². The fraction of sp³-hybridized carbons (Fsp3) is 0.0833. The Morgan fingerprint density at radius 2 is 1.52 bits per heavy atom. The van der Waals surface area contributed by atoms with Gasteiger partial charge in [-0.25, -0.2) is 9.29 Å². The molecule has 0 spiro atoms. The van der Waals surface area contributed by atoms with Crippen molar-refractivity contribution in [2.24, 2.45) is 0 Å². The second-order valence-electron chi connectivity index (χ2n) is 7.22. The normalized spacial score (nSPS) is 13.9. The fourth-order valence-corrected chi connectivity index (χ4v) is 3.70. The molecule has 4 rings (SSSR count). The molecule has 1 aliphatic rings. The van der Waals surface area contributed by atoms with Gasteiger partial charge in [0, 0.05) is 15.7 Å². The highest BCUT2D eigenvalue weighted by Crippen LogP contribution is 2.36. The predicted octanol–water partition coefficient (Wildman–Crippen LogP) is 6.15. The predicted molar refractivity (Wildman–Crippen MR) is 122 cm³/mol. The van der Waals surface area contributed by atoms with E-state index in [9.17, 15) is 14.0 Å². The zero-order chi connectivity index (χ0) is 22.3. The summed E-state index contributed by atoms with van der Waals surface area (Å²) in [6.45, 7) is 3.69. The molecule has 0 fully saturated rings. The van der Waals surface area contributed by atoms with Crippen LogP contribution in [0.25, 0.3) is 5.57 Å². The molecule has 0 unspecified atom stereocenters. The number of hydrogen-bond donors (Lipinski definition) is 1. The fourth-order valence-electron chi connectivity index (χ4n) is 3.35. The summed E-state index contributed by atoms with van der Waals surface area (Å²) < 4.78 is 13.5.